The van der Waals surface area contributed by atoms with Gasteiger partial charge in [0, 0.05) is 38.2 Å². The van der Waals surface area contributed by atoms with Crippen LogP contribution in [0.5, 0.6) is 0 Å². The smallest absolute Gasteiger partial charge is 0.223 e. The van der Waals surface area contributed by atoms with Crippen molar-refractivity contribution in [1.29, 1.82) is 0 Å². The molecular formula is C22H32N2O2. The van der Waals surface area contributed by atoms with Crippen molar-refractivity contribution >= 4 is 5.91 Å². The normalized spacial score (nSPS) is 26.0. The van der Waals surface area contributed by atoms with Gasteiger partial charge in [-0.25, -0.2) is 0 Å². The fourth-order valence-electron chi connectivity index (χ4n) is 4.44. The fourth-order valence-corrected chi connectivity index (χ4v) is 4.44. The molecule has 0 radical (unpaired) electrons. The Hall–Kier alpha value is -1.39. The zero-order valence-corrected chi connectivity index (χ0v) is 16.2. The fraction of sp³-hybridized carbons (Fsp3) is 0.682. The van der Waals surface area contributed by atoms with Gasteiger partial charge in [-0.15, -0.1) is 0 Å². The Morgan fingerprint density at radius 2 is 1.96 bits per heavy atom. The number of carbonyl (C=O) groups excluding carboxylic acids is 1. The van der Waals surface area contributed by atoms with Crippen LogP contribution in [0.1, 0.15) is 55.2 Å². The van der Waals surface area contributed by atoms with E-state index in [1.807, 2.05) is 0 Å². The SMILES string of the molecule is Cc1ccc(CN2CCC3(CC2)CC(NC(=O)C2CC2)CCO3)cc1C. The lowest BCUT2D eigenvalue weighted by atomic mass is 9.82. The van der Waals surface area contributed by atoms with Gasteiger partial charge in [0.05, 0.1) is 5.60 Å². The van der Waals surface area contributed by atoms with Crippen LogP contribution in [0.25, 0.3) is 0 Å². The van der Waals surface area contributed by atoms with Gasteiger partial charge in [-0.1, -0.05) is 18.2 Å². The molecule has 4 nitrogen and oxygen atoms in total. The molecule has 1 aromatic rings. The number of nitrogens with zero attached hydrogens (tertiary/aromatic N) is 1. The highest BCUT2D eigenvalue weighted by molar-refractivity contribution is 5.81. The molecule has 2 heterocycles. The van der Waals surface area contributed by atoms with Gasteiger partial charge in [0.1, 0.15) is 0 Å². The van der Waals surface area contributed by atoms with Crippen molar-refractivity contribution in [2.75, 3.05) is 19.7 Å². The van der Waals surface area contributed by atoms with Gasteiger partial charge in [-0.05, 0) is 69.1 Å². The van der Waals surface area contributed by atoms with Crippen LogP contribution in [-0.4, -0.2) is 42.1 Å². The van der Waals surface area contributed by atoms with Gasteiger partial charge in [0.25, 0.3) is 0 Å². The van der Waals surface area contributed by atoms with Crippen LogP contribution < -0.4 is 5.32 Å². The summed E-state index contributed by atoms with van der Waals surface area (Å²) in [6.07, 6.45) is 6.26. The largest absolute Gasteiger partial charge is 0.375 e. The monoisotopic (exact) mass is 356 g/mol. The molecule has 2 aliphatic heterocycles. The van der Waals surface area contributed by atoms with E-state index in [9.17, 15) is 4.79 Å². The Labute approximate surface area is 157 Å². The minimum Gasteiger partial charge on any atom is -0.375 e. The summed E-state index contributed by atoms with van der Waals surface area (Å²) in [7, 11) is 0. The number of hydrogen-bond donors (Lipinski definition) is 1. The van der Waals surface area contributed by atoms with Crippen molar-refractivity contribution < 1.29 is 9.53 Å². The number of hydrogen-bond acceptors (Lipinski definition) is 3. The molecule has 3 aliphatic rings. The summed E-state index contributed by atoms with van der Waals surface area (Å²) < 4.78 is 6.25. The van der Waals surface area contributed by atoms with Gasteiger partial charge in [0.15, 0.2) is 0 Å². The van der Waals surface area contributed by atoms with Crippen molar-refractivity contribution in [1.82, 2.24) is 10.2 Å². The molecule has 1 atom stereocenters. The minimum absolute atomic E-state index is 0.0144. The molecule has 3 fully saturated rings. The van der Waals surface area contributed by atoms with Crippen molar-refractivity contribution in [2.24, 2.45) is 5.92 Å². The number of piperidine rings is 1. The molecule has 4 heteroatoms. The number of carbonyl (C=O) groups is 1. The topological polar surface area (TPSA) is 41.6 Å². The summed E-state index contributed by atoms with van der Waals surface area (Å²) in [6, 6.07) is 7.12. The lowest BCUT2D eigenvalue weighted by Crippen LogP contribution is -2.53. The third kappa shape index (κ3) is 4.12. The lowest BCUT2D eigenvalue weighted by molar-refractivity contribution is -0.132. The number of nitrogens with one attached hydrogen (secondary N) is 1. The number of aryl methyl sites for hydroxylation is 2. The number of benzene rings is 1. The van der Waals surface area contributed by atoms with Crippen LogP contribution in [0.2, 0.25) is 0 Å². The summed E-state index contributed by atoms with van der Waals surface area (Å²) in [4.78, 5) is 14.6. The second-order valence-corrected chi connectivity index (χ2v) is 8.70. The van der Waals surface area contributed by atoms with Crippen LogP contribution >= 0.6 is 0 Å². The Balaban J connectivity index is 1.30. The van der Waals surface area contributed by atoms with Crippen molar-refractivity contribution in [3.63, 3.8) is 0 Å². The summed E-state index contributed by atoms with van der Waals surface area (Å²) in [5, 5.41) is 3.28. The molecule has 1 aromatic carbocycles. The highest BCUT2D eigenvalue weighted by Crippen LogP contribution is 2.36. The average Bonchev–Trinajstić information content (AvgIpc) is 3.46. The Kier molecular flexibility index (Phi) is 5.07. The van der Waals surface area contributed by atoms with Crippen molar-refractivity contribution in [3.8, 4) is 0 Å². The number of ether oxygens (including phenoxy) is 1. The molecule has 4 rings (SSSR count). The standard InChI is InChI=1S/C22H32N2O2/c1-16-3-4-18(13-17(16)2)15-24-10-8-22(9-11-24)14-20(7-12-26-22)23-21(25)19-5-6-19/h3-4,13,19-20H,5-12,14-15H2,1-2H3,(H,23,25). The number of rotatable bonds is 4. The summed E-state index contributed by atoms with van der Waals surface area (Å²) in [5.74, 6) is 0.577. The van der Waals surface area contributed by atoms with Crippen LogP contribution in [0.3, 0.4) is 0 Å². The first kappa shape index (κ1) is 18.0. The van der Waals surface area contributed by atoms with E-state index >= 15 is 0 Å². The molecule has 1 spiro atoms. The zero-order chi connectivity index (χ0) is 18.1. The van der Waals surface area contributed by atoms with Gasteiger partial charge in [0.2, 0.25) is 5.91 Å². The first-order chi connectivity index (χ1) is 12.5. The molecule has 1 aliphatic carbocycles. The molecule has 142 valence electrons. The third-order valence-electron chi connectivity index (χ3n) is 6.53. The molecule has 26 heavy (non-hydrogen) atoms. The first-order valence-electron chi connectivity index (χ1n) is 10.3. The maximum absolute atomic E-state index is 12.1. The van der Waals surface area contributed by atoms with Crippen LogP contribution in [-0.2, 0) is 16.1 Å². The Morgan fingerprint density at radius 1 is 1.19 bits per heavy atom. The van der Waals surface area contributed by atoms with Gasteiger partial charge >= 0.3 is 0 Å². The minimum atomic E-state index is -0.0144. The van der Waals surface area contributed by atoms with Crippen LogP contribution in [0.4, 0.5) is 0 Å². The maximum atomic E-state index is 12.1. The Bertz CT molecular complexity index is 660. The number of amides is 1. The van der Waals surface area contributed by atoms with E-state index in [1.54, 1.807) is 0 Å². The van der Waals surface area contributed by atoms with Crippen molar-refractivity contribution in [3.05, 3.63) is 34.9 Å². The molecule has 0 aromatic heterocycles. The third-order valence-corrected chi connectivity index (χ3v) is 6.53. The highest BCUT2D eigenvalue weighted by atomic mass is 16.5. The second kappa shape index (κ2) is 7.32. The van der Waals surface area contributed by atoms with E-state index in [0.717, 1.165) is 64.8 Å². The van der Waals surface area contributed by atoms with E-state index in [4.69, 9.17) is 4.74 Å². The quantitative estimate of drug-likeness (QED) is 0.900. The Morgan fingerprint density at radius 3 is 2.65 bits per heavy atom. The zero-order valence-electron chi connectivity index (χ0n) is 16.2. The second-order valence-electron chi connectivity index (χ2n) is 8.70. The molecule has 1 amide bonds. The van der Waals surface area contributed by atoms with Gasteiger partial charge in [-0.2, -0.15) is 0 Å². The summed E-state index contributed by atoms with van der Waals surface area (Å²) in [5.41, 5.74) is 4.13. The average molecular weight is 357 g/mol. The first-order valence-corrected chi connectivity index (χ1v) is 10.3. The van der Waals surface area contributed by atoms with E-state index in [2.05, 4.69) is 42.3 Å². The van der Waals surface area contributed by atoms with E-state index in [0.29, 0.717) is 12.0 Å². The number of likely N-dealkylation sites (tertiary alicyclic amines) is 1. The maximum Gasteiger partial charge on any atom is 0.223 e. The predicted molar refractivity (Wildman–Crippen MR) is 103 cm³/mol. The predicted octanol–water partition coefficient (Wildman–Crippen LogP) is 3.34. The molecule has 2 saturated heterocycles. The van der Waals surface area contributed by atoms with E-state index in [-0.39, 0.29) is 11.5 Å². The highest BCUT2D eigenvalue weighted by Gasteiger charge is 2.41. The van der Waals surface area contributed by atoms with Crippen molar-refractivity contribution in [2.45, 2.75) is 70.6 Å². The van der Waals surface area contributed by atoms with Crippen LogP contribution in [0.15, 0.2) is 18.2 Å². The van der Waals surface area contributed by atoms with E-state index in [1.165, 1.54) is 16.7 Å². The lowest BCUT2D eigenvalue weighted by Gasteiger charge is -2.46. The molecular weight excluding hydrogens is 324 g/mol. The summed E-state index contributed by atoms with van der Waals surface area (Å²) >= 11 is 0. The molecule has 1 N–H and O–H groups in total. The van der Waals surface area contributed by atoms with Crippen LogP contribution in [0, 0.1) is 19.8 Å². The molecule has 1 saturated carbocycles. The van der Waals surface area contributed by atoms with Gasteiger partial charge in [-0.3, -0.25) is 9.69 Å². The van der Waals surface area contributed by atoms with Gasteiger partial charge < -0.3 is 10.1 Å². The molecule has 0 bridgehead atoms. The van der Waals surface area contributed by atoms with E-state index < -0.39 is 0 Å². The summed E-state index contributed by atoms with van der Waals surface area (Å²) in [6.45, 7) is 8.33. The molecule has 1 unspecified atom stereocenters.